The number of carbonyl (C=O) groups is 3. The molecule has 0 aliphatic carbocycles. The van der Waals surface area contributed by atoms with Crippen molar-refractivity contribution < 1.29 is 19.1 Å². The lowest BCUT2D eigenvalue weighted by molar-refractivity contribution is -0.146. The molecule has 0 spiro atoms. The molecule has 1 unspecified atom stereocenters. The largest absolute Gasteiger partial charge is 0.469 e. The first kappa shape index (κ1) is 20.1. The van der Waals surface area contributed by atoms with Crippen molar-refractivity contribution in [3.05, 3.63) is 32.6 Å². The summed E-state index contributed by atoms with van der Waals surface area (Å²) in [6.07, 6.45) is 1.34. The number of esters is 1. The van der Waals surface area contributed by atoms with Crippen molar-refractivity contribution in [1.82, 2.24) is 19.8 Å². The fraction of sp³-hybridized carbons (Fsp3) is 0.533. The summed E-state index contributed by atoms with van der Waals surface area (Å²) >= 11 is 0. The lowest BCUT2D eigenvalue weighted by Gasteiger charge is -2.25. The minimum Gasteiger partial charge on any atom is -0.469 e. The molecule has 138 valence electrons. The fourth-order valence-corrected chi connectivity index (χ4v) is 2.22. The predicted octanol–water partition coefficient (Wildman–Crippen LogP) is -0.788. The van der Waals surface area contributed by atoms with E-state index in [1.165, 1.54) is 36.6 Å². The maximum Gasteiger partial charge on any atom is 0.328 e. The molecule has 0 aromatic carbocycles. The molecule has 1 heterocycles. The Morgan fingerprint density at radius 2 is 2.00 bits per heavy atom. The van der Waals surface area contributed by atoms with Gasteiger partial charge in [-0.05, 0) is 13.8 Å². The van der Waals surface area contributed by atoms with Crippen LogP contribution in [0.1, 0.15) is 19.4 Å². The van der Waals surface area contributed by atoms with Gasteiger partial charge in [0.05, 0.1) is 13.0 Å². The number of aromatic nitrogens is 2. The van der Waals surface area contributed by atoms with E-state index in [9.17, 15) is 24.0 Å². The van der Waals surface area contributed by atoms with Crippen LogP contribution in [-0.4, -0.2) is 52.6 Å². The number of methoxy groups -OCH3 is 1. The van der Waals surface area contributed by atoms with E-state index in [0.717, 1.165) is 0 Å². The first-order valence-electron chi connectivity index (χ1n) is 7.64. The van der Waals surface area contributed by atoms with Crippen molar-refractivity contribution in [2.24, 2.45) is 5.92 Å². The number of amides is 3. The number of aromatic amines is 1. The summed E-state index contributed by atoms with van der Waals surface area (Å²) in [5.74, 6) is -2.00. The molecule has 3 amide bonds. The van der Waals surface area contributed by atoms with E-state index in [-0.39, 0.29) is 19.6 Å². The minimum atomic E-state index is -0.856. The summed E-state index contributed by atoms with van der Waals surface area (Å²) in [6.45, 7) is 4.50. The summed E-state index contributed by atoms with van der Waals surface area (Å²) in [5, 5.41) is 2.13. The quantitative estimate of drug-likeness (QED) is 0.644. The first-order valence-corrected chi connectivity index (χ1v) is 7.64. The molecule has 0 aliphatic heterocycles. The summed E-state index contributed by atoms with van der Waals surface area (Å²) in [4.78, 5) is 61.8. The van der Waals surface area contributed by atoms with Gasteiger partial charge in [-0.3, -0.25) is 29.3 Å². The third kappa shape index (κ3) is 5.59. The van der Waals surface area contributed by atoms with Gasteiger partial charge in [0.25, 0.3) is 5.56 Å². The second-order valence-electron chi connectivity index (χ2n) is 5.47. The van der Waals surface area contributed by atoms with Crippen molar-refractivity contribution in [3.63, 3.8) is 0 Å². The van der Waals surface area contributed by atoms with E-state index >= 15 is 0 Å². The fourth-order valence-electron chi connectivity index (χ4n) is 2.22. The molecular formula is C15H22N4O6. The van der Waals surface area contributed by atoms with Gasteiger partial charge in [0, 0.05) is 38.3 Å². The van der Waals surface area contributed by atoms with Gasteiger partial charge in [0.1, 0.15) is 0 Å². The molecule has 0 bridgehead atoms. The summed E-state index contributed by atoms with van der Waals surface area (Å²) < 4.78 is 5.91. The first-order chi connectivity index (χ1) is 11.7. The predicted molar refractivity (Wildman–Crippen MR) is 88.0 cm³/mol. The number of hydrogen-bond donors (Lipinski definition) is 2. The minimum absolute atomic E-state index is 0.0626. The smallest absolute Gasteiger partial charge is 0.328 e. The van der Waals surface area contributed by atoms with Gasteiger partial charge in [0.2, 0.25) is 5.91 Å². The van der Waals surface area contributed by atoms with Gasteiger partial charge in [0.15, 0.2) is 0 Å². The number of nitrogens with zero attached hydrogens (tertiary/aromatic N) is 2. The second-order valence-corrected chi connectivity index (χ2v) is 5.47. The monoisotopic (exact) mass is 354 g/mol. The number of rotatable bonds is 6. The zero-order chi connectivity index (χ0) is 19.1. The highest BCUT2D eigenvalue weighted by molar-refractivity contribution is 5.93. The Balaban J connectivity index is 3.05. The number of nitrogens with one attached hydrogen (secondary N) is 2. The molecule has 10 nitrogen and oxygen atoms in total. The highest BCUT2D eigenvalue weighted by atomic mass is 16.5. The van der Waals surface area contributed by atoms with Gasteiger partial charge >= 0.3 is 17.7 Å². The van der Waals surface area contributed by atoms with E-state index in [1.807, 2.05) is 0 Å². The van der Waals surface area contributed by atoms with E-state index < -0.39 is 35.1 Å². The molecule has 1 aromatic rings. The van der Waals surface area contributed by atoms with Crippen LogP contribution in [0.5, 0.6) is 0 Å². The molecule has 0 saturated carbocycles. The van der Waals surface area contributed by atoms with Gasteiger partial charge in [-0.2, -0.15) is 0 Å². The Morgan fingerprint density at radius 1 is 1.36 bits per heavy atom. The van der Waals surface area contributed by atoms with Crippen molar-refractivity contribution in [3.8, 4) is 0 Å². The van der Waals surface area contributed by atoms with Crippen LogP contribution in [-0.2, 0) is 20.9 Å². The van der Waals surface area contributed by atoms with Gasteiger partial charge in [-0.1, -0.05) is 0 Å². The molecule has 0 aliphatic rings. The Hall–Kier alpha value is -2.91. The van der Waals surface area contributed by atoms with Crippen LogP contribution in [0.2, 0.25) is 0 Å². The number of urea groups is 1. The van der Waals surface area contributed by atoms with E-state index in [2.05, 4.69) is 10.3 Å². The number of carbonyl (C=O) groups excluding carboxylic acids is 3. The molecule has 1 aromatic heterocycles. The third-order valence-corrected chi connectivity index (χ3v) is 3.53. The maximum absolute atomic E-state index is 12.0. The van der Waals surface area contributed by atoms with Crippen LogP contribution in [0.25, 0.3) is 0 Å². The number of hydrogen-bond acceptors (Lipinski definition) is 6. The Kier molecular flexibility index (Phi) is 7.09. The average molecular weight is 354 g/mol. The maximum atomic E-state index is 12.0. The van der Waals surface area contributed by atoms with Crippen molar-refractivity contribution in [1.29, 1.82) is 0 Å². The molecule has 0 fully saturated rings. The summed E-state index contributed by atoms with van der Waals surface area (Å²) in [5.41, 5.74) is -0.863. The van der Waals surface area contributed by atoms with Crippen molar-refractivity contribution in [2.75, 3.05) is 20.2 Å². The van der Waals surface area contributed by atoms with E-state index in [0.29, 0.717) is 5.56 Å². The third-order valence-electron chi connectivity index (χ3n) is 3.53. The van der Waals surface area contributed by atoms with Crippen LogP contribution in [0.4, 0.5) is 4.79 Å². The highest BCUT2D eigenvalue weighted by Gasteiger charge is 2.26. The second kappa shape index (κ2) is 8.81. The van der Waals surface area contributed by atoms with Gasteiger partial charge in [-0.15, -0.1) is 0 Å². The molecule has 10 heteroatoms. The Bertz CT molecular complexity index is 766. The highest BCUT2D eigenvalue weighted by Crippen LogP contribution is 2.07. The van der Waals surface area contributed by atoms with Crippen LogP contribution in [0.15, 0.2) is 15.8 Å². The number of ether oxygens (including phenoxy) is 1. The van der Waals surface area contributed by atoms with Crippen LogP contribution < -0.4 is 16.6 Å². The Labute approximate surface area is 143 Å². The summed E-state index contributed by atoms with van der Waals surface area (Å²) in [7, 11) is 1.20. The van der Waals surface area contributed by atoms with E-state index in [4.69, 9.17) is 4.74 Å². The normalized spacial score (nSPS) is 11.5. The molecule has 0 radical (unpaired) electrons. The zero-order valence-electron chi connectivity index (χ0n) is 14.6. The van der Waals surface area contributed by atoms with Crippen LogP contribution in [0, 0.1) is 12.8 Å². The number of imide groups is 1. The SMILES string of the molecule is CCN(CC(Cn1cc(C)c(=O)[nH]c1=O)C(=O)OC)C(=O)NC(C)=O. The van der Waals surface area contributed by atoms with Crippen LogP contribution in [0.3, 0.4) is 0 Å². The van der Waals surface area contributed by atoms with Crippen molar-refractivity contribution in [2.45, 2.75) is 27.3 Å². The zero-order valence-corrected chi connectivity index (χ0v) is 14.6. The van der Waals surface area contributed by atoms with Gasteiger partial charge < -0.3 is 9.64 Å². The topological polar surface area (TPSA) is 131 Å². The Morgan fingerprint density at radius 3 is 2.52 bits per heavy atom. The summed E-state index contributed by atoms with van der Waals surface area (Å²) in [6, 6.07) is -0.645. The lowest BCUT2D eigenvalue weighted by atomic mass is 10.1. The van der Waals surface area contributed by atoms with Crippen LogP contribution >= 0.6 is 0 Å². The molecule has 25 heavy (non-hydrogen) atoms. The molecule has 1 atom stereocenters. The van der Waals surface area contributed by atoms with E-state index in [1.54, 1.807) is 6.92 Å². The molecule has 0 saturated heterocycles. The molecular weight excluding hydrogens is 332 g/mol. The number of aryl methyl sites for hydroxylation is 1. The standard InChI is InChI=1S/C15H22N4O6/c1-5-18(14(23)16-10(3)20)7-11(13(22)25-4)8-19-6-9(2)12(21)17-15(19)24/h6,11H,5,7-8H2,1-4H3,(H,16,20,23)(H,17,21,24). The average Bonchev–Trinajstić information content (AvgIpc) is 2.54. The van der Waals surface area contributed by atoms with Crippen molar-refractivity contribution >= 4 is 17.9 Å². The molecule has 1 rings (SSSR count). The molecule has 2 N–H and O–H groups in total. The number of H-pyrrole nitrogens is 1. The lowest BCUT2D eigenvalue weighted by Crippen LogP contribution is -2.46. The van der Waals surface area contributed by atoms with Gasteiger partial charge in [-0.25, -0.2) is 9.59 Å².